The van der Waals surface area contributed by atoms with Crippen LogP contribution in [0.15, 0.2) is 72.8 Å². The largest absolute Gasteiger partial charge is 0.507 e. The van der Waals surface area contributed by atoms with Crippen molar-refractivity contribution in [1.82, 2.24) is 0 Å². The van der Waals surface area contributed by atoms with E-state index in [1.165, 1.54) is 5.56 Å². The van der Waals surface area contributed by atoms with E-state index in [-0.39, 0.29) is 0 Å². The van der Waals surface area contributed by atoms with Gasteiger partial charge in [0.05, 0.1) is 0 Å². The maximum atomic E-state index is 11.0. The third-order valence-corrected chi connectivity index (χ3v) is 4.79. The monoisotopic (exact) mass is 354 g/mol. The minimum atomic E-state index is 0.349. The van der Waals surface area contributed by atoms with Crippen molar-refractivity contribution in [3.8, 4) is 5.75 Å². The minimum absolute atomic E-state index is 0.349. The fraction of sp³-hybridized carbons (Fsp3) is 0.154. The van der Waals surface area contributed by atoms with Crippen LogP contribution in [0.3, 0.4) is 0 Å². The Labute approximate surface area is 162 Å². The lowest BCUT2D eigenvalue weighted by Gasteiger charge is -2.14. The zero-order valence-electron chi connectivity index (χ0n) is 16.2. The number of phenolic OH excluding ortho intramolecular Hbond substituents is 1. The van der Waals surface area contributed by atoms with Gasteiger partial charge in [-0.25, -0.2) is 0 Å². The Morgan fingerprint density at radius 2 is 1.15 bits per heavy atom. The summed E-state index contributed by atoms with van der Waals surface area (Å²) in [6, 6.07) is 24.6. The van der Waals surface area contributed by atoms with Crippen LogP contribution in [0.1, 0.15) is 48.6 Å². The smallest absolute Gasteiger partial charge is 0.130 e. The summed E-state index contributed by atoms with van der Waals surface area (Å²) in [5.41, 5.74) is 7.40. The van der Waals surface area contributed by atoms with Gasteiger partial charge in [-0.2, -0.15) is 0 Å². The van der Waals surface area contributed by atoms with Crippen molar-refractivity contribution < 1.29 is 5.11 Å². The molecule has 136 valence electrons. The first-order valence-corrected chi connectivity index (χ1v) is 9.42. The van der Waals surface area contributed by atoms with E-state index in [0.717, 1.165) is 39.8 Å². The van der Waals surface area contributed by atoms with Gasteiger partial charge < -0.3 is 5.11 Å². The molecule has 0 atom stereocenters. The third-order valence-electron chi connectivity index (χ3n) is 4.79. The van der Waals surface area contributed by atoms with Gasteiger partial charge in [-0.05, 0) is 60.2 Å². The molecule has 0 aromatic heterocycles. The quantitative estimate of drug-likeness (QED) is 0.486. The van der Waals surface area contributed by atoms with Crippen molar-refractivity contribution in [2.45, 2.75) is 27.2 Å². The van der Waals surface area contributed by atoms with Crippen molar-refractivity contribution in [2.24, 2.45) is 0 Å². The summed E-state index contributed by atoms with van der Waals surface area (Å²) in [5, 5.41) is 11.0. The Hall–Kier alpha value is -3.06. The molecule has 0 aliphatic rings. The normalized spacial score (nSPS) is 12.3. The molecule has 0 fully saturated rings. The maximum Gasteiger partial charge on any atom is 0.130 e. The standard InChI is InChI=1S/C26H26O/c1-4-21-17-24(19(2)15-22-11-7-5-8-12-22)26(27)25(18-21)20(3)16-23-13-9-6-10-14-23/h5-18,27H,4H2,1-3H3/b19-15+,20-16+. The van der Waals surface area contributed by atoms with Crippen LogP contribution >= 0.6 is 0 Å². The Bertz CT molecular complexity index is 887. The van der Waals surface area contributed by atoms with E-state index >= 15 is 0 Å². The molecular weight excluding hydrogens is 328 g/mol. The van der Waals surface area contributed by atoms with E-state index in [4.69, 9.17) is 0 Å². The van der Waals surface area contributed by atoms with Crippen LogP contribution in [0.4, 0.5) is 0 Å². The highest BCUT2D eigenvalue weighted by Gasteiger charge is 2.12. The molecule has 0 radical (unpaired) electrons. The molecule has 1 N–H and O–H groups in total. The van der Waals surface area contributed by atoms with Crippen LogP contribution in [-0.4, -0.2) is 5.11 Å². The second-order valence-corrected chi connectivity index (χ2v) is 6.87. The number of aryl methyl sites for hydroxylation is 1. The van der Waals surface area contributed by atoms with Gasteiger partial charge in [-0.3, -0.25) is 0 Å². The molecule has 0 spiro atoms. The van der Waals surface area contributed by atoms with E-state index in [9.17, 15) is 5.11 Å². The number of aromatic hydroxyl groups is 1. The Balaban J connectivity index is 2.07. The summed E-state index contributed by atoms with van der Waals surface area (Å²) in [6.07, 6.45) is 5.17. The molecule has 0 unspecified atom stereocenters. The molecule has 0 bridgehead atoms. The molecule has 27 heavy (non-hydrogen) atoms. The molecule has 3 aromatic rings. The van der Waals surface area contributed by atoms with Crippen LogP contribution in [-0.2, 0) is 6.42 Å². The lowest BCUT2D eigenvalue weighted by molar-refractivity contribution is 0.471. The first-order valence-electron chi connectivity index (χ1n) is 9.42. The molecular formula is C26H26O. The summed E-state index contributed by atoms with van der Waals surface area (Å²) in [7, 11) is 0. The van der Waals surface area contributed by atoms with Gasteiger partial charge in [-0.15, -0.1) is 0 Å². The van der Waals surface area contributed by atoms with Gasteiger partial charge >= 0.3 is 0 Å². The lowest BCUT2D eigenvalue weighted by atomic mass is 9.93. The van der Waals surface area contributed by atoms with Crippen molar-refractivity contribution >= 4 is 23.3 Å². The predicted molar refractivity (Wildman–Crippen MR) is 117 cm³/mol. The molecule has 0 aliphatic carbocycles. The molecule has 3 aromatic carbocycles. The molecule has 0 saturated carbocycles. The number of benzene rings is 3. The van der Waals surface area contributed by atoms with E-state index in [0.29, 0.717) is 5.75 Å². The highest BCUT2D eigenvalue weighted by Crippen LogP contribution is 2.36. The zero-order chi connectivity index (χ0) is 19.2. The van der Waals surface area contributed by atoms with Crippen LogP contribution in [0.25, 0.3) is 23.3 Å². The summed E-state index contributed by atoms with van der Waals surface area (Å²) in [5.74, 6) is 0.349. The number of hydrogen-bond donors (Lipinski definition) is 1. The summed E-state index contributed by atoms with van der Waals surface area (Å²) in [4.78, 5) is 0. The first-order chi connectivity index (χ1) is 13.1. The van der Waals surface area contributed by atoms with Crippen molar-refractivity contribution in [2.75, 3.05) is 0 Å². The second kappa shape index (κ2) is 8.55. The van der Waals surface area contributed by atoms with Crippen molar-refractivity contribution in [1.29, 1.82) is 0 Å². The maximum absolute atomic E-state index is 11.0. The Morgan fingerprint density at radius 1 is 0.741 bits per heavy atom. The molecule has 0 saturated heterocycles. The number of allylic oxidation sites excluding steroid dienone is 2. The minimum Gasteiger partial charge on any atom is -0.507 e. The summed E-state index contributed by atoms with van der Waals surface area (Å²) < 4.78 is 0. The highest BCUT2D eigenvalue weighted by molar-refractivity contribution is 5.89. The molecule has 3 rings (SSSR count). The second-order valence-electron chi connectivity index (χ2n) is 6.87. The van der Waals surface area contributed by atoms with E-state index in [1.807, 2.05) is 36.4 Å². The summed E-state index contributed by atoms with van der Waals surface area (Å²) >= 11 is 0. The number of rotatable bonds is 5. The van der Waals surface area contributed by atoms with Crippen molar-refractivity contribution in [3.63, 3.8) is 0 Å². The fourth-order valence-corrected chi connectivity index (χ4v) is 3.25. The highest BCUT2D eigenvalue weighted by atomic mass is 16.3. The van der Waals surface area contributed by atoms with Gasteiger partial charge in [0, 0.05) is 11.1 Å². The molecule has 1 nitrogen and oxygen atoms in total. The topological polar surface area (TPSA) is 20.2 Å². The average molecular weight is 354 g/mol. The van der Waals surface area contributed by atoms with Gasteiger partial charge in [0.25, 0.3) is 0 Å². The van der Waals surface area contributed by atoms with Gasteiger partial charge in [-0.1, -0.05) is 79.7 Å². The van der Waals surface area contributed by atoms with Crippen LogP contribution in [0.2, 0.25) is 0 Å². The SMILES string of the molecule is CCc1cc(/C(C)=C/c2ccccc2)c(O)c(/C(C)=C/c2ccccc2)c1. The molecule has 0 heterocycles. The van der Waals surface area contributed by atoms with Crippen LogP contribution in [0.5, 0.6) is 5.75 Å². The van der Waals surface area contributed by atoms with E-state index in [2.05, 4.69) is 69.3 Å². The van der Waals surface area contributed by atoms with Crippen LogP contribution < -0.4 is 0 Å². The molecule has 0 amide bonds. The van der Waals surface area contributed by atoms with Crippen molar-refractivity contribution in [3.05, 3.63) is 101 Å². The van der Waals surface area contributed by atoms with E-state index in [1.54, 1.807) is 0 Å². The average Bonchev–Trinajstić information content (AvgIpc) is 2.69. The van der Waals surface area contributed by atoms with Gasteiger partial charge in [0.1, 0.15) is 5.75 Å². The Morgan fingerprint density at radius 3 is 1.52 bits per heavy atom. The third kappa shape index (κ3) is 4.57. The Kier molecular flexibility index (Phi) is 5.93. The predicted octanol–water partition coefficient (Wildman–Crippen LogP) is 7.08. The summed E-state index contributed by atoms with van der Waals surface area (Å²) in [6.45, 7) is 6.26. The first kappa shape index (κ1) is 18.7. The molecule has 1 heteroatoms. The van der Waals surface area contributed by atoms with Gasteiger partial charge in [0.2, 0.25) is 0 Å². The van der Waals surface area contributed by atoms with Crippen LogP contribution in [0, 0.1) is 0 Å². The van der Waals surface area contributed by atoms with Gasteiger partial charge in [0.15, 0.2) is 0 Å². The number of hydrogen-bond acceptors (Lipinski definition) is 1. The fourth-order valence-electron chi connectivity index (χ4n) is 3.25. The molecule has 0 aliphatic heterocycles. The lowest BCUT2D eigenvalue weighted by Crippen LogP contribution is -1.93. The van der Waals surface area contributed by atoms with E-state index < -0.39 is 0 Å². The zero-order valence-corrected chi connectivity index (χ0v) is 16.2. The number of phenols is 1.